The lowest BCUT2D eigenvalue weighted by Crippen LogP contribution is -2.22. The van der Waals surface area contributed by atoms with Gasteiger partial charge in [0.15, 0.2) is 0 Å². The number of nitrogens with one attached hydrogen (secondary N) is 2. The summed E-state index contributed by atoms with van der Waals surface area (Å²) in [6.45, 7) is 8.63. The van der Waals surface area contributed by atoms with Crippen LogP contribution in [0.15, 0.2) is 42.5 Å². The van der Waals surface area contributed by atoms with Crippen molar-refractivity contribution in [3.05, 3.63) is 59.2 Å². The summed E-state index contributed by atoms with van der Waals surface area (Å²) < 4.78 is 26.4. The van der Waals surface area contributed by atoms with Crippen molar-refractivity contribution in [2.75, 3.05) is 10.0 Å². The Kier molecular flexibility index (Phi) is 5.28. The second-order valence-corrected chi connectivity index (χ2v) is 9.86. The van der Waals surface area contributed by atoms with Crippen LogP contribution in [0.25, 0.3) is 0 Å². The van der Waals surface area contributed by atoms with Crippen molar-refractivity contribution in [2.45, 2.75) is 57.7 Å². The van der Waals surface area contributed by atoms with E-state index in [1.165, 1.54) is 17.5 Å². The topological polar surface area (TPSA) is 58.2 Å². The molecule has 2 N–H and O–H groups in total. The van der Waals surface area contributed by atoms with E-state index in [0.717, 1.165) is 11.3 Å². The zero-order chi connectivity index (χ0) is 18.9. The van der Waals surface area contributed by atoms with E-state index in [2.05, 4.69) is 42.1 Å². The van der Waals surface area contributed by atoms with Crippen LogP contribution in [0.1, 0.15) is 62.6 Å². The van der Waals surface area contributed by atoms with Crippen molar-refractivity contribution in [1.82, 2.24) is 0 Å². The number of hydrogen-bond acceptors (Lipinski definition) is 3. The summed E-state index contributed by atoms with van der Waals surface area (Å²) in [6, 6.07) is 14.2. The predicted octanol–water partition coefficient (Wildman–Crippen LogP) is 5.06. The van der Waals surface area contributed by atoms with Crippen LogP contribution in [-0.2, 0) is 16.6 Å². The second kappa shape index (κ2) is 7.31. The standard InChI is InChI=1S/C21H28N2O2S/c1-14(2)26(24,25)23-18-7-5-17(6-8-18)13-22-19-9-10-20-15(3)11-16(4)21(20)12-19/h5-10,12,14-16,22-23H,11,13H2,1-4H3. The Morgan fingerprint density at radius 3 is 2.23 bits per heavy atom. The molecular formula is C21H28N2O2S. The van der Waals surface area contributed by atoms with Crippen molar-refractivity contribution in [3.8, 4) is 0 Å². The predicted molar refractivity (Wildman–Crippen MR) is 109 cm³/mol. The number of fused-ring (bicyclic) bond motifs is 1. The maximum Gasteiger partial charge on any atom is 0.235 e. The molecule has 140 valence electrons. The number of anilines is 2. The van der Waals surface area contributed by atoms with Crippen molar-refractivity contribution in [1.29, 1.82) is 0 Å². The molecule has 0 heterocycles. The summed E-state index contributed by atoms with van der Waals surface area (Å²) in [4.78, 5) is 0. The number of sulfonamides is 1. The molecule has 4 nitrogen and oxygen atoms in total. The molecule has 0 saturated heterocycles. The molecular weight excluding hydrogens is 344 g/mol. The van der Waals surface area contributed by atoms with E-state index in [9.17, 15) is 8.42 Å². The van der Waals surface area contributed by atoms with E-state index >= 15 is 0 Å². The Morgan fingerprint density at radius 2 is 1.58 bits per heavy atom. The molecule has 2 atom stereocenters. The van der Waals surface area contributed by atoms with Crippen molar-refractivity contribution in [2.24, 2.45) is 0 Å². The van der Waals surface area contributed by atoms with Gasteiger partial charge < -0.3 is 5.32 Å². The first-order valence-corrected chi connectivity index (χ1v) is 10.8. The minimum atomic E-state index is -3.30. The molecule has 0 aromatic heterocycles. The van der Waals surface area contributed by atoms with E-state index in [0.29, 0.717) is 24.1 Å². The Balaban J connectivity index is 1.63. The van der Waals surface area contributed by atoms with Gasteiger partial charge in [-0.15, -0.1) is 0 Å². The molecule has 0 radical (unpaired) electrons. The Morgan fingerprint density at radius 1 is 0.962 bits per heavy atom. The number of benzene rings is 2. The third-order valence-corrected chi connectivity index (χ3v) is 6.95. The van der Waals surface area contributed by atoms with Gasteiger partial charge in [0.25, 0.3) is 0 Å². The molecule has 0 saturated carbocycles. The van der Waals surface area contributed by atoms with Crippen LogP contribution in [0.4, 0.5) is 11.4 Å². The third-order valence-electron chi connectivity index (χ3n) is 5.19. The van der Waals surface area contributed by atoms with Crippen LogP contribution in [-0.4, -0.2) is 13.7 Å². The smallest absolute Gasteiger partial charge is 0.235 e. The van der Waals surface area contributed by atoms with Gasteiger partial charge in [0.1, 0.15) is 0 Å². The second-order valence-electron chi connectivity index (χ2n) is 7.63. The molecule has 2 aromatic carbocycles. The SMILES string of the molecule is CC1CC(C)c2cc(NCc3ccc(NS(=O)(=O)C(C)C)cc3)ccc21. The number of hydrogen-bond donors (Lipinski definition) is 2. The maximum atomic E-state index is 11.9. The van der Waals surface area contributed by atoms with E-state index < -0.39 is 15.3 Å². The molecule has 3 rings (SSSR count). The summed E-state index contributed by atoms with van der Waals surface area (Å²) in [6.07, 6.45) is 1.23. The molecule has 2 aromatic rings. The zero-order valence-corrected chi connectivity index (χ0v) is 16.7. The Hall–Kier alpha value is -2.01. The van der Waals surface area contributed by atoms with E-state index in [1.54, 1.807) is 13.8 Å². The van der Waals surface area contributed by atoms with Crippen LogP contribution in [0, 0.1) is 0 Å². The molecule has 26 heavy (non-hydrogen) atoms. The van der Waals surface area contributed by atoms with E-state index in [-0.39, 0.29) is 0 Å². The molecule has 0 aliphatic heterocycles. The molecule has 1 aliphatic rings. The van der Waals surface area contributed by atoms with Crippen molar-refractivity contribution >= 4 is 21.4 Å². The molecule has 5 heteroatoms. The van der Waals surface area contributed by atoms with Gasteiger partial charge in [-0.3, -0.25) is 4.72 Å². The lowest BCUT2D eigenvalue weighted by Gasteiger charge is -2.13. The van der Waals surface area contributed by atoms with Gasteiger partial charge in [-0.05, 0) is 73.1 Å². The highest BCUT2D eigenvalue weighted by molar-refractivity contribution is 7.93. The third kappa shape index (κ3) is 4.04. The fourth-order valence-electron chi connectivity index (χ4n) is 3.52. The lowest BCUT2D eigenvalue weighted by atomic mass is 10.0. The highest BCUT2D eigenvalue weighted by Gasteiger charge is 2.24. The van der Waals surface area contributed by atoms with Crippen LogP contribution in [0.3, 0.4) is 0 Å². The monoisotopic (exact) mass is 372 g/mol. The molecule has 0 amide bonds. The molecule has 1 aliphatic carbocycles. The van der Waals surface area contributed by atoms with Crippen LogP contribution < -0.4 is 10.0 Å². The minimum absolute atomic E-state index is 0.450. The van der Waals surface area contributed by atoms with Gasteiger partial charge in [0.05, 0.1) is 5.25 Å². The lowest BCUT2D eigenvalue weighted by molar-refractivity contribution is 0.593. The van der Waals surface area contributed by atoms with E-state index in [4.69, 9.17) is 0 Å². The first kappa shape index (κ1) is 18.8. The number of rotatable bonds is 6. The average Bonchev–Trinajstić information content (AvgIpc) is 2.88. The van der Waals surface area contributed by atoms with Crippen molar-refractivity contribution in [3.63, 3.8) is 0 Å². The Labute approximate surface area is 157 Å². The average molecular weight is 373 g/mol. The summed E-state index contributed by atoms with van der Waals surface area (Å²) in [7, 11) is -3.30. The summed E-state index contributed by atoms with van der Waals surface area (Å²) in [5.41, 5.74) is 5.78. The maximum absolute atomic E-state index is 11.9. The highest BCUT2D eigenvalue weighted by Crippen LogP contribution is 2.42. The molecule has 0 bridgehead atoms. The van der Waals surface area contributed by atoms with Gasteiger partial charge in [-0.1, -0.05) is 32.0 Å². The largest absolute Gasteiger partial charge is 0.381 e. The fourth-order valence-corrected chi connectivity index (χ4v) is 4.22. The molecule has 0 spiro atoms. The summed E-state index contributed by atoms with van der Waals surface area (Å²) in [5.74, 6) is 1.27. The molecule has 2 unspecified atom stereocenters. The quantitative estimate of drug-likeness (QED) is 0.745. The summed E-state index contributed by atoms with van der Waals surface area (Å²) >= 11 is 0. The van der Waals surface area contributed by atoms with Crippen LogP contribution >= 0.6 is 0 Å². The zero-order valence-electron chi connectivity index (χ0n) is 15.9. The van der Waals surface area contributed by atoms with Gasteiger partial charge in [0.2, 0.25) is 10.0 Å². The van der Waals surface area contributed by atoms with Gasteiger partial charge in [0, 0.05) is 17.9 Å². The fraction of sp³-hybridized carbons (Fsp3) is 0.429. The minimum Gasteiger partial charge on any atom is -0.381 e. The first-order chi connectivity index (χ1) is 12.3. The Bertz CT molecular complexity index is 873. The van der Waals surface area contributed by atoms with Crippen LogP contribution in [0.5, 0.6) is 0 Å². The molecule has 0 fully saturated rings. The van der Waals surface area contributed by atoms with Crippen LogP contribution in [0.2, 0.25) is 0 Å². The van der Waals surface area contributed by atoms with Crippen molar-refractivity contribution < 1.29 is 8.42 Å². The van der Waals surface area contributed by atoms with E-state index in [1.807, 2.05) is 24.3 Å². The normalized spacial score (nSPS) is 19.4. The van der Waals surface area contributed by atoms with Gasteiger partial charge >= 0.3 is 0 Å². The van der Waals surface area contributed by atoms with Gasteiger partial charge in [-0.2, -0.15) is 0 Å². The highest BCUT2D eigenvalue weighted by atomic mass is 32.2. The first-order valence-electron chi connectivity index (χ1n) is 9.24. The summed E-state index contributed by atoms with van der Waals surface area (Å²) in [5, 5.41) is 3.02. The van der Waals surface area contributed by atoms with Gasteiger partial charge in [-0.25, -0.2) is 8.42 Å².